The first-order valence-electron chi connectivity index (χ1n) is 9.63. The lowest BCUT2D eigenvalue weighted by Gasteiger charge is -2.32. The number of methoxy groups -OCH3 is 1. The van der Waals surface area contributed by atoms with Crippen molar-refractivity contribution >= 4 is 27.7 Å². The Labute approximate surface area is 168 Å². The van der Waals surface area contributed by atoms with Crippen LogP contribution in [0, 0.1) is 5.92 Å². The van der Waals surface area contributed by atoms with Crippen molar-refractivity contribution in [1.82, 2.24) is 10.2 Å². The van der Waals surface area contributed by atoms with Crippen LogP contribution >= 0.6 is 15.9 Å². The molecule has 1 aromatic carbocycles. The zero-order chi connectivity index (χ0) is 19.4. The zero-order valence-corrected chi connectivity index (χ0v) is 17.5. The van der Waals surface area contributed by atoms with E-state index in [-0.39, 0.29) is 23.8 Å². The van der Waals surface area contributed by atoms with Crippen molar-refractivity contribution in [3.63, 3.8) is 0 Å². The van der Waals surface area contributed by atoms with E-state index in [2.05, 4.69) is 21.2 Å². The molecule has 1 aromatic rings. The van der Waals surface area contributed by atoms with Gasteiger partial charge in [0.25, 0.3) is 5.91 Å². The third kappa shape index (κ3) is 4.94. The summed E-state index contributed by atoms with van der Waals surface area (Å²) in [6, 6.07) is 3.55. The highest BCUT2D eigenvalue weighted by molar-refractivity contribution is 9.10. The summed E-state index contributed by atoms with van der Waals surface area (Å²) in [7, 11) is 1.56. The van der Waals surface area contributed by atoms with Crippen LogP contribution in [0.1, 0.15) is 49.4 Å². The molecule has 0 spiro atoms. The molecule has 0 atom stereocenters. The van der Waals surface area contributed by atoms with E-state index >= 15 is 0 Å². The number of hydrogen-bond donors (Lipinski definition) is 1. The number of piperidine rings is 1. The molecular weight excluding hydrogens is 412 g/mol. The predicted octanol–water partition coefficient (Wildman–Crippen LogP) is 3.38. The number of carbonyl (C=O) groups is 2. The van der Waals surface area contributed by atoms with Gasteiger partial charge in [-0.05, 0) is 60.2 Å². The molecule has 27 heavy (non-hydrogen) atoms. The zero-order valence-electron chi connectivity index (χ0n) is 15.9. The van der Waals surface area contributed by atoms with Crippen LogP contribution in [0.2, 0.25) is 0 Å². The molecule has 2 amide bonds. The minimum atomic E-state index is -0.136. The lowest BCUT2D eigenvalue weighted by atomic mass is 10.0. The van der Waals surface area contributed by atoms with Crippen LogP contribution < -0.4 is 14.8 Å². The van der Waals surface area contributed by atoms with Crippen LogP contribution in [0.15, 0.2) is 16.6 Å². The minimum absolute atomic E-state index is 0.0848. The van der Waals surface area contributed by atoms with Crippen molar-refractivity contribution in [3.05, 3.63) is 22.2 Å². The number of ether oxygens (including phenoxy) is 2. The van der Waals surface area contributed by atoms with Crippen molar-refractivity contribution < 1.29 is 19.1 Å². The molecule has 0 bridgehead atoms. The molecule has 1 N–H and O–H groups in total. The first kappa shape index (κ1) is 20.0. The van der Waals surface area contributed by atoms with Crippen LogP contribution in [0.4, 0.5) is 0 Å². The van der Waals surface area contributed by atoms with Crippen molar-refractivity contribution in [2.75, 3.05) is 26.8 Å². The largest absolute Gasteiger partial charge is 0.493 e. The van der Waals surface area contributed by atoms with Gasteiger partial charge in [0.05, 0.1) is 18.2 Å². The van der Waals surface area contributed by atoms with Gasteiger partial charge in [0.1, 0.15) is 0 Å². The Morgan fingerprint density at radius 2 is 1.93 bits per heavy atom. The highest BCUT2D eigenvalue weighted by Crippen LogP contribution is 2.37. The number of nitrogens with one attached hydrogen (secondary N) is 1. The lowest BCUT2D eigenvalue weighted by molar-refractivity contribution is -0.133. The number of likely N-dealkylation sites (tertiary alicyclic amines) is 1. The van der Waals surface area contributed by atoms with E-state index in [9.17, 15) is 9.59 Å². The highest BCUT2D eigenvalue weighted by atomic mass is 79.9. The van der Waals surface area contributed by atoms with Gasteiger partial charge in [0.2, 0.25) is 5.91 Å². The quantitative estimate of drug-likeness (QED) is 0.708. The van der Waals surface area contributed by atoms with Crippen molar-refractivity contribution in [2.45, 2.75) is 45.1 Å². The molecule has 1 saturated carbocycles. The van der Waals surface area contributed by atoms with Gasteiger partial charge in [-0.2, -0.15) is 0 Å². The number of amides is 2. The van der Waals surface area contributed by atoms with E-state index < -0.39 is 0 Å². The van der Waals surface area contributed by atoms with Crippen molar-refractivity contribution in [2.24, 2.45) is 5.92 Å². The summed E-state index contributed by atoms with van der Waals surface area (Å²) in [6.07, 6.45) is 4.54. The van der Waals surface area contributed by atoms with Gasteiger partial charge in [0, 0.05) is 30.6 Å². The molecule has 7 heteroatoms. The third-order valence-electron chi connectivity index (χ3n) is 5.01. The molecule has 3 rings (SSSR count). The molecular formula is C20H27BrN2O4. The summed E-state index contributed by atoms with van der Waals surface area (Å²) in [4.78, 5) is 26.8. The van der Waals surface area contributed by atoms with Gasteiger partial charge in [0.15, 0.2) is 11.5 Å². The van der Waals surface area contributed by atoms with Crippen LogP contribution in [0.3, 0.4) is 0 Å². The van der Waals surface area contributed by atoms with Gasteiger partial charge in [-0.15, -0.1) is 0 Å². The number of nitrogens with zero attached hydrogens (tertiary/aromatic N) is 1. The van der Waals surface area contributed by atoms with Gasteiger partial charge in [-0.1, -0.05) is 6.92 Å². The molecule has 0 aromatic heterocycles. The molecule has 1 saturated heterocycles. The fourth-order valence-corrected chi connectivity index (χ4v) is 3.85. The highest BCUT2D eigenvalue weighted by Gasteiger charge is 2.35. The van der Waals surface area contributed by atoms with Gasteiger partial charge in [-0.3, -0.25) is 9.59 Å². The number of rotatable bonds is 7. The molecule has 2 fully saturated rings. The summed E-state index contributed by atoms with van der Waals surface area (Å²) in [5.41, 5.74) is 0.527. The fraction of sp³-hybridized carbons (Fsp3) is 0.600. The van der Waals surface area contributed by atoms with Gasteiger partial charge >= 0.3 is 0 Å². The average Bonchev–Trinajstić information content (AvgIpc) is 3.51. The van der Waals surface area contributed by atoms with Crippen LogP contribution in [-0.4, -0.2) is 49.6 Å². The Kier molecular flexibility index (Phi) is 6.63. The first-order valence-corrected chi connectivity index (χ1v) is 10.4. The number of benzene rings is 1. The Bertz CT molecular complexity index is 697. The summed E-state index contributed by atoms with van der Waals surface area (Å²) >= 11 is 3.48. The monoisotopic (exact) mass is 438 g/mol. The molecule has 1 heterocycles. The molecule has 0 radical (unpaired) electrons. The van der Waals surface area contributed by atoms with Crippen molar-refractivity contribution in [1.29, 1.82) is 0 Å². The Balaban J connectivity index is 1.59. The van der Waals surface area contributed by atoms with E-state index in [0.717, 1.165) is 45.2 Å². The smallest absolute Gasteiger partial charge is 0.251 e. The molecule has 2 aliphatic rings. The van der Waals surface area contributed by atoms with Gasteiger partial charge in [-0.25, -0.2) is 0 Å². The minimum Gasteiger partial charge on any atom is -0.493 e. The topological polar surface area (TPSA) is 67.9 Å². The number of carbonyl (C=O) groups excluding carboxylic acids is 2. The standard InChI is InChI=1S/C20H27BrN2O4/c1-3-10-27-18-16(21)11-14(12-17(18)26-2)19(24)22-15-6-8-23(9-7-15)20(25)13-4-5-13/h11-13,15H,3-10H2,1-2H3,(H,22,24). The maximum absolute atomic E-state index is 12.7. The number of hydrogen-bond acceptors (Lipinski definition) is 4. The SMILES string of the molecule is CCCOc1c(Br)cc(C(=O)NC2CCN(C(=O)C3CC3)CC2)cc1OC. The normalized spacial score (nSPS) is 17.5. The molecule has 148 valence electrons. The average molecular weight is 439 g/mol. The maximum atomic E-state index is 12.7. The second-order valence-corrected chi connectivity index (χ2v) is 8.04. The van der Waals surface area contributed by atoms with E-state index in [1.54, 1.807) is 19.2 Å². The Morgan fingerprint density at radius 1 is 1.22 bits per heavy atom. The van der Waals surface area contributed by atoms with Crippen molar-refractivity contribution in [3.8, 4) is 11.5 Å². The van der Waals surface area contributed by atoms with Crippen LogP contribution in [0.25, 0.3) is 0 Å². The molecule has 0 unspecified atom stereocenters. The van der Waals surface area contributed by atoms with E-state index in [1.807, 2.05) is 11.8 Å². The second-order valence-electron chi connectivity index (χ2n) is 7.19. The predicted molar refractivity (Wildman–Crippen MR) is 106 cm³/mol. The Morgan fingerprint density at radius 3 is 2.52 bits per heavy atom. The van der Waals surface area contributed by atoms with E-state index in [4.69, 9.17) is 9.47 Å². The first-order chi connectivity index (χ1) is 13.0. The Hall–Kier alpha value is -1.76. The number of halogens is 1. The van der Waals surface area contributed by atoms with Crippen LogP contribution in [0.5, 0.6) is 11.5 Å². The fourth-order valence-electron chi connectivity index (χ4n) is 3.30. The maximum Gasteiger partial charge on any atom is 0.251 e. The van der Waals surface area contributed by atoms with E-state index in [0.29, 0.717) is 28.1 Å². The third-order valence-corrected chi connectivity index (χ3v) is 5.60. The van der Waals surface area contributed by atoms with Crippen LogP contribution in [-0.2, 0) is 4.79 Å². The summed E-state index contributed by atoms with van der Waals surface area (Å²) in [6.45, 7) is 4.05. The molecule has 6 nitrogen and oxygen atoms in total. The molecule has 1 aliphatic carbocycles. The lowest BCUT2D eigenvalue weighted by Crippen LogP contribution is -2.47. The van der Waals surface area contributed by atoms with Gasteiger partial charge < -0.3 is 19.7 Å². The summed E-state index contributed by atoms with van der Waals surface area (Å²) < 4.78 is 11.8. The summed E-state index contributed by atoms with van der Waals surface area (Å²) in [5, 5.41) is 3.09. The second kappa shape index (κ2) is 8.95. The summed E-state index contributed by atoms with van der Waals surface area (Å²) in [5.74, 6) is 1.56. The molecule has 1 aliphatic heterocycles. The van der Waals surface area contributed by atoms with E-state index in [1.165, 1.54) is 0 Å².